The number of nitrogens with one attached hydrogen (secondary N) is 1. The van der Waals surface area contributed by atoms with Crippen LogP contribution < -0.4 is 15.1 Å². The predicted molar refractivity (Wildman–Crippen MR) is 148 cm³/mol. The summed E-state index contributed by atoms with van der Waals surface area (Å²) in [6.07, 6.45) is 4.80. The molecule has 4 aliphatic rings. The van der Waals surface area contributed by atoms with E-state index in [0.717, 1.165) is 42.2 Å². The van der Waals surface area contributed by atoms with Crippen molar-refractivity contribution in [3.05, 3.63) is 41.4 Å². The summed E-state index contributed by atoms with van der Waals surface area (Å²) >= 11 is 0. The Bertz CT molecular complexity index is 1360. The van der Waals surface area contributed by atoms with Gasteiger partial charge in [0.1, 0.15) is 30.3 Å². The van der Waals surface area contributed by atoms with Gasteiger partial charge in [-0.25, -0.2) is 9.37 Å². The van der Waals surface area contributed by atoms with Gasteiger partial charge in [-0.05, 0) is 38.8 Å². The number of aromatic nitrogens is 3. The van der Waals surface area contributed by atoms with Crippen LogP contribution in [0.5, 0.6) is 0 Å². The first-order chi connectivity index (χ1) is 19.2. The van der Waals surface area contributed by atoms with Crippen molar-refractivity contribution in [1.82, 2.24) is 24.8 Å². The van der Waals surface area contributed by atoms with Crippen LogP contribution in [-0.2, 0) is 9.53 Å². The normalized spacial score (nSPS) is 30.6. The fourth-order valence-electron chi connectivity index (χ4n) is 6.50. The molecule has 6 rings (SSSR count). The number of ether oxygens (including phenoxy) is 1. The summed E-state index contributed by atoms with van der Waals surface area (Å²) in [5.41, 5.74) is 1.26. The first-order valence-electron chi connectivity index (χ1n) is 14.1. The molecule has 0 aromatic carbocycles. The van der Waals surface area contributed by atoms with Gasteiger partial charge in [-0.1, -0.05) is 12.5 Å². The van der Waals surface area contributed by atoms with Crippen LogP contribution in [0.3, 0.4) is 0 Å². The number of fused-ring (bicyclic) bond motifs is 4. The number of rotatable bonds is 1. The summed E-state index contributed by atoms with van der Waals surface area (Å²) in [7, 11) is 1.96. The van der Waals surface area contributed by atoms with Crippen molar-refractivity contribution < 1.29 is 24.1 Å². The molecule has 1 aliphatic carbocycles. The Morgan fingerprint density at radius 1 is 1.23 bits per heavy atom. The Hall–Kier alpha value is -3.06. The fourth-order valence-corrected chi connectivity index (χ4v) is 6.50. The van der Waals surface area contributed by atoms with Gasteiger partial charge in [0.2, 0.25) is 5.91 Å². The molecule has 0 saturated carbocycles. The molecule has 40 heavy (non-hydrogen) atoms. The van der Waals surface area contributed by atoms with Crippen LogP contribution in [0.2, 0.25) is 0 Å². The number of aliphatic hydroxyl groups excluding tert-OH is 2. The molecule has 2 bridgehead atoms. The molecule has 2 aromatic rings. The minimum absolute atomic E-state index is 0.208. The first kappa shape index (κ1) is 27.1. The number of β-amino-alcohol motifs (C(OH)–C–C–N with tert-alkyl or cyclic N) is 1. The zero-order chi connectivity index (χ0) is 28.2. The van der Waals surface area contributed by atoms with E-state index in [1.807, 2.05) is 29.5 Å². The Morgan fingerprint density at radius 3 is 2.80 bits per heavy atom. The van der Waals surface area contributed by atoms with Gasteiger partial charge in [0.05, 0.1) is 29.4 Å². The second kappa shape index (κ2) is 10.4. The quantitative estimate of drug-likeness (QED) is 0.480. The van der Waals surface area contributed by atoms with Crippen molar-refractivity contribution in [3.63, 3.8) is 0 Å². The maximum atomic E-state index is 14.6. The number of hydrogen-bond acceptors (Lipinski definition) is 9. The molecule has 0 radical (unpaired) electrons. The number of piperidine rings is 1. The van der Waals surface area contributed by atoms with Gasteiger partial charge in [0, 0.05) is 51.4 Å². The highest BCUT2D eigenvalue weighted by atomic mass is 19.1. The molecule has 5 heterocycles. The number of hydrogen-bond donors (Lipinski definition) is 3. The fraction of sp³-hybridized carbons (Fsp3) is 0.607. The third kappa shape index (κ3) is 4.66. The predicted octanol–water partition coefficient (Wildman–Crippen LogP) is 1.44. The maximum Gasteiger partial charge on any atom is 0.246 e. The van der Waals surface area contributed by atoms with E-state index < -0.39 is 23.6 Å². The van der Waals surface area contributed by atoms with Crippen LogP contribution in [0.4, 0.5) is 16.0 Å². The van der Waals surface area contributed by atoms with E-state index in [9.17, 15) is 19.4 Å². The Balaban J connectivity index is 1.47. The highest BCUT2D eigenvalue weighted by Crippen LogP contribution is 2.43. The Kier molecular flexibility index (Phi) is 7.06. The van der Waals surface area contributed by atoms with Gasteiger partial charge < -0.3 is 30.1 Å². The van der Waals surface area contributed by atoms with E-state index in [4.69, 9.17) is 14.8 Å². The van der Waals surface area contributed by atoms with Crippen molar-refractivity contribution in [1.29, 1.82) is 0 Å². The van der Waals surface area contributed by atoms with Crippen molar-refractivity contribution in [2.45, 2.75) is 57.6 Å². The van der Waals surface area contributed by atoms with Crippen LogP contribution in [0.25, 0.3) is 5.65 Å². The second-order valence-electron chi connectivity index (χ2n) is 11.7. The van der Waals surface area contributed by atoms with Gasteiger partial charge in [-0.3, -0.25) is 9.69 Å². The van der Waals surface area contributed by atoms with Crippen LogP contribution in [0, 0.1) is 12.3 Å². The van der Waals surface area contributed by atoms with Crippen LogP contribution in [-0.4, -0.2) is 100 Å². The lowest BCUT2D eigenvalue weighted by Crippen LogP contribution is -2.55. The van der Waals surface area contributed by atoms with Crippen molar-refractivity contribution >= 4 is 23.2 Å². The van der Waals surface area contributed by atoms with Gasteiger partial charge in [-0.15, -0.1) is 0 Å². The smallest absolute Gasteiger partial charge is 0.246 e. The molecule has 1 amide bonds. The second-order valence-corrected chi connectivity index (χ2v) is 11.7. The van der Waals surface area contributed by atoms with E-state index >= 15 is 0 Å². The maximum absolute atomic E-state index is 14.6. The van der Waals surface area contributed by atoms with Gasteiger partial charge >= 0.3 is 0 Å². The minimum atomic E-state index is -1.13. The lowest BCUT2D eigenvalue weighted by atomic mass is 9.77. The zero-order valence-corrected chi connectivity index (χ0v) is 23.3. The molecule has 4 atom stereocenters. The van der Waals surface area contributed by atoms with E-state index in [1.165, 1.54) is 12.2 Å². The SMILES string of the molecule is Cc1c(N2CC(O)C2)nc2cc3nn2c1N(C)CCNC(=O)COC1C=CC(F)=CC1(C)C(O)N1CCCCC31. The molecule has 12 heteroatoms. The number of anilines is 2. The Labute approximate surface area is 232 Å². The van der Waals surface area contributed by atoms with Crippen LogP contribution >= 0.6 is 0 Å². The number of carbonyl (C=O) groups is 1. The van der Waals surface area contributed by atoms with E-state index in [2.05, 4.69) is 15.1 Å². The summed E-state index contributed by atoms with van der Waals surface area (Å²) in [6.45, 7) is 6.10. The first-order valence-corrected chi connectivity index (χ1v) is 14.1. The molecular weight excluding hydrogens is 517 g/mol. The van der Waals surface area contributed by atoms with Crippen LogP contribution in [0.15, 0.2) is 30.1 Å². The van der Waals surface area contributed by atoms with Gasteiger partial charge in [0.25, 0.3) is 0 Å². The van der Waals surface area contributed by atoms with E-state index in [-0.39, 0.29) is 24.7 Å². The average Bonchev–Trinajstić information content (AvgIpc) is 3.33. The van der Waals surface area contributed by atoms with Crippen LogP contribution in [0.1, 0.15) is 43.5 Å². The zero-order valence-electron chi connectivity index (χ0n) is 23.3. The lowest BCUT2D eigenvalue weighted by molar-refractivity contribution is -0.148. The minimum Gasteiger partial charge on any atom is -0.389 e. The molecule has 2 saturated heterocycles. The summed E-state index contributed by atoms with van der Waals surface area (Å²) in [5, 5.41) is 29.8. The van der Waals surface area contributed by atoms with Crippen molar-refractivity contribution in [2.24, 2.45) is 5.41 Å². The van der Waals surface area contributed by atoms with Gasteiger partial charge in [0.15, 0.2) is 5.65 Å². The number of aliphatic hydroxyl groups is 2. The van der Waals surface area contributed by atoms with E-state index in [1.54, 1.807) is 13.0 Å². The van der Waals surface area contributed by atoms with Crippen molar-refractivity contribution in [2.75, 3.05) is 56.2 Å². The highest BCUT2D eigenvalue weighted by Gasteiger charge is 2.47. The molecule has 11 nitrogen and oxygen atoms in total. The summed E-state index contributed by atoms with van der Waals surface area (Å²) in [4.78, 5) is 23.8. The molecule has 3 N–H and O–H groups in total. The Morgan fingerprint density at radius 2 is 2.02 bits per heavy atom. The standard InChI is InChI=1S/C28H38FN7O4/c1-17-25(34-14-19(37)15-34)31-23-12-20-21-6-4-5-10-35(21)27(39)28(2)13-18(29)7-8-22(28)40-16-24(38)30-9-11-33(3)26(17)36(23)32-20/h7-8,12-13,19,21-22,27,37,39H,4-6,9-11,14-16H2,1-3H3,(H,30,38). The molecular formula is C28H38FN7O4. The molecule has 0 spiro atoms. The number of halogens is 1. The summed E-state index contributed by atoms with van der Waals surface area (Å²) < 4.78 is 22.4. The topological polar surface area (TPSA) is 119 Å². The highest BCUT2D eigenvalue weighted by molar-refractivity contribution is 5.77. The third-order valence-corrected chi connectivity index (χ3v) is 8.74. The molecule has 4 unspecified atom stereocenters. The number of nitrogens with zero attached hydrogens (tertiary/aromatic N) is 6. The summed E-state index contributed by atoms with van der Waals surface area (Å²) in [5.74, 6) is 0.914. The number of carbonyl (C=O) groups excluding carboxylic acids is 1. The largest absolute Gasteiger partial charge is 0.389 e. The lowest BCUT2D eigenvalue weighted by Gasteiger charge is -2.47. The number of amides is 1. The summed E-state index contributed by atoms with van der Waals surface area (Å²) in [6, 6.07) is 1.76. The van der Waals surface area contributed by atoms with Gasteiger partial charge in [-0.2, -0.15) is 9.61 Å². The molecule has 2 aromatic heterocycles. The van der Waals surface area contributed by atoms with E-state index in [0.29, 0.717) is 38.4 Å². The molecule has 2 fully saturated rings. The molecule has 3 aliphatic heterocycles. The molecule has 216 valence electrons. The average molecular weight is 556 g/mol. The third-order valence-electron chi connectivity index (χ3n) is 8.74. The number of allylic oxidation sites excluding steroid dienone is 2. The van der Waals surface area contributed by atoms with Crippen molar-refractivity contribution in [3.8, 4) is 0 Å². The number of likely N-dealkylation sites (N-methyl/N-ethyl adjacent to an activating group) is 1. The monoisotopic (exact) mass is 555 g/mol.